The maximum absolute atomic E-state index is 13.2. The number of carbonyl (C=O) groups is 2. The molecule has 0 saturated carbocycles. The van der Waals surface area contributed by atoms with E-state index in [4.69, 9.17) is 0 Å². The van der Waals surface area contributed by atoms with E-state index in [1.54, 1.807) is 0 Å². The second kappa shape index (κ2) is 18.5. The van der Waals surface area contributed by atoms with Crippen molar-refractivity contribution in [3.8, 4) is 23.0 Å². The highest BCUT2D eigenvalue weighted by Gasteiger charge is 2.29. The van der Waals surface area contributed by atoms with Crippen LogP contribution < -0.4 is 10.9 Å². The average molecular weight is 877 g/mol. The van der Waals surface area contributed by atoms with Crippen molar-refractivity contribution in [2.75, 3.05) is 0 Å². The summed E-state index contributed by atoms with van der Waals surface area (Å²) >= 11 is 0. The number of amides is 2. The number of hydrogen-bond acceptors (Lipinski definition) is 6. The summed E-state index contributed by atoms with van der Waals surface area (Å²) in [5.41, 5.74) is 13.5. The van der Waals surface area contributed by atoms with E-state index in [2.05, 4.69) is 106 Å². The van der Waals surface area contributed by atoms with Gasteiger partial charge in [0, 0.05) is 25.7 Å². The molecule has 8 nitrogen and oxygen atoms in total. The molecule has 4 rings (SSSR count). The fourth-order valence-electron chi connectivity index (χ4n) is 8.08. The number of phenols is 4. The number of aryl methyl sites for hydroxylation is 2. The number of phenolic OH excluding ortho intramolecular Hbond substituents is 4. The number of hydrazine groups is 1. The van der Waals surface area contributed by atoms with Gasteiger partial charge in [0.05, 0.1) is 0 Å². The molecule has 0 bridgehead atoms. The fourth-order valence-corrected chi connectivity index (χ4v) is 8.08. The zero-order valence-electron chi connectivity index (χ0n) is 42.5. The van der Waals surface area contributed by atoms with Gasteiger partial charge >= 0.3 is 0 Å². The first-order chi connectivity index (χ1) is 29.0. The first-order valence-electron chi connectivity index (χ1n) is 23.0. The molecule has 4 aromatic carbocycles. The maximum atomic E-state index is 13.2. The highest BCUT2D eigenvalue weighted by Crippen LogP contribution is 2.43. The van der Waals surface area contributed by atoms with Gasteiger partial charge in [0.15, 0.2) is 0 Å². The molecule has 0 aliphatic rings. The zero-order chi connectivity index (χ0) is 48.7. The van der Waals surface area contributed by atoms with Crippen LogP contribution in [0.5, 0.6) is 23.0 Å². The minimum absolute atomic E-state index is 0.101. The summed E-state index contributed by atoms with van der Waals surface area (Å²) in [6.07, 6.45) is 1.57. The van der Waals surface area contributed by atoms with Crippen LogP contribution >= 0.6 is 0 Å². The monoisotopic (exact) mass is 877 g/mol. The van der Waals surface area contributed by atoms with E-state index in [1.165, 1.54) is 0 Å². The summed E-state index contributed by atoms with van der Waals surface area (Å²) < 4.78 is 0. The van der Waals surface area contributed by atoms with Crippen LogP contribution in [0, 0.1) is 0 Å². The molecule has 4 aromatic rings. The Balaban J connectivity index is 1.51. The topological polar surface area (TPSA) is 139 Å². The molecule has 0 aromatic heterocycles. The van der Waals surface area contributed by atoms with E-state index >= 15 is 0 Å². The summed E-state index contributed by atoms with van der Waals surface area (Å²) in [4.78, 5) is 26.4. The van der Waals surface area contributed by atoms with Crippen LogP contribution in [0.25, 0.3) is 0 Å². The van der Waals surface area contributed by atoms with Gasteiger partial charge in [0.1, 0.15) is 23.0 Å². The lowest BCUT2D eigenvalue weighted by Crippen LogP contribution is -2.41. The van der Waals surface area contributed by atoms with Crippen molar-refractivity contribution in [2.24, 2.45) is 0 Å². The molecule has 8 heteroatoms. The number of nitrogens with one attached hydrogen (secondary N) is 2. The molecule has 0 heterocycles. The molecule has 0 spiro atoms. The molecule has 0 fully saturated rings. The van der Waals surface area contributed by atoms with Gasteiger partial charge in [-0.1, -0.05) is 173 Å². The summed E-state index contributed by atoms with van der Waals surface area (Å²) in [5, 5.41) is 46.3. The molecule has 0 atom stereocenters. The standard InChI is InChI=1S/C56H80N2O6/c1-51(2,3)39-29-37(49(63)43(31-39)55(13,14)15)27-35-23-33(25-41(47(35)61)53(7,8)9)19-21-45(59)57-58-46(60)22-20-34-24-36(48(62)42(26-34)54(10,11)12)28-38-30-40(52(4,5)6)32-44(50(38)64)56(16,17)18/h23-26,29-32,61-64H,19-22,27-28H2,1-18H3,(H,57,59)(H,58,60). The van der Waals surface area contributed by atoms with Crippen LogP contribution in [-0.4, -0.2) is 32.2 Å². The van der Waals surface area contributed by atoms with Gasteiger partial charge in [0.25, 0.3) is 0 Å². The lowest BCUT2D eigenvalue weighted by atomic mass is 9.77. The quantitative estimate of drug-likeness (QED) is 0.0877. The van der Waals surface area contributed by atoms with Crippen molar-refractivity contribution in [3.63, 3.8) is 0 Å². The molecule has 2 amide bonds. The average Bonchev–Trinajstić information content (AvgIpc) is 3.12. The number of hydrogen-bond donors (Lipinski definition) is 6. The lowest BCUT2D eigenvalue weighted by Gasteiger charge is -2.28. The molecule has 0 aliphatic heterocycles. The van der Waals surface area contributed by atoms with Gasteiger partial charge in [-0.25, -0.2) is 0 Å². The first-order valence-corrected chi connectivity index (χ1v) is 23.0. The van der Waals surface area contributed by atoms with Crippen molar-refractivity contribution in [1.29, 1.82) is 0 Å². The molecule has 0 unspecified atom stereocenters. The van der Waals surface area contributed by atoms with Gasteiger partial charge in [-0.05, 0) is 112 Å². The Labute approximate surface area is 385 Å². The molecule has 0 aliphatic carbocycles. The Bertz CT molecular complexity index is 2200. The summed E-state index contributed by atoms with van der Waals surface area (Å²) in [6.45, 7) is 37.6. The first kappa shape index (κ1) is 51.7. The number of rotatable bonds is 10. The van der Waals surface area contributed by atoms with E-state index in [0.717, 1.165) is 55.6 Å². The van der Waals surface area contributed by atoms with Crippen molar-refractivity contribution in [1.82, 2.24) is 10.9 Å². The molecular formula is C56H80N2O6. The summed E-state index contributed by atoms with van der Waals surface area (Å²) in [6, 6.07) is 16.0. The van der Waals surface area contributed by atoms with Gasteiger partial charge in [-0.2, -0.15) is 0 Å². The third kappa shape index (κ3) is 12.8. The molecule has 350 valence electrons. The van der Waals surface area contributed by atoms with E-state index in [0.29, 0.717) is 36.8 Å². The highest BCUT2D eigenvalue weighted by atomic mass is 16.3. The van der Waals surface area contributed by atoms with Crippen LogP contribution in [-0.2, 0) is 67.8 Å². The molecule has 64 heavy (non-hydrogen) atoms. The van der Waals surface area contributed by atoms with Gasteiger partial charge in [-0.3, -0.25) is 20.4 Å². The van der Waals surface area contributed by atoms with Crippen LogP contribution in [0.2, 0.25) is 0 Å². The number of aromatic hydroxyl groups is 4. The third-order valence-corrected chi connectivity index (χ3v) is 12.2. The van der Waals surface area contributed by atoms with E-state index in [9.17, 15) is 30.0 Å². The second-order valence-electron chi connectivity index (χ2n) is 24.3. The minimum Gasteiger partial charge on any atom is -0.507 e. The predicted octanol–water partition coefficient (Wildman–Crippen LogP) is 12.2. The predicted molar refractivity (Wildman–Crippen MR) is 263 cm³/mol. The van der Waals surface area contributed by atoms with Crippen molar-refractivity contribution < 1.29 is 30.0 Å². The van der Waals surface area contributed by atoms with Crippen molar-refractivity contribution >= 4 is 11.8 Å². The van der Waals surface area contributed by atoms with Gasteiger partial charge < -0.3 is 20.4 Å². The lowest BCUT2D eigenvalue weighted by molar-refractivity contribution is -0.128. The Morgan fingerprint density at radius 1 is 0.375 bits per heavy atom. The van der Waals surface area contributed by atoms with E-state index in [-0.39, 0.29) is 69.3 Å². The molecule has 0 radical (unpaired) electrons. The van der Waals surface area contributed by atoms with Crippen LogP contribution in [0.15, 0.2) is 48.5 Å². The SMILES string of the molecule is CC(C)(C)c1cc(Cc2cc(CCC(=O)NNC(=O)CCc3cc(Cc4cc(C(C)(C)C)cc(C(C)(C)C)c4O)c(O)c(C(C)(C)C)c3)cc(C(C)(C)C)c2O)c(O)c(C(C)(C)C)c1. The van der Waals surface area contributed by atoms with Gasteiger partial charge in [0.2, 0.25) is 11.8 Å². The minimum atomic E-state index is -0.391. The normalized spacial score (nSPS) is 13.0. The smallest absolute Gasteiger partial charge is 0.238 e. The second-order valence-corrected chi connectivity index (χ2v) is 24.3. The fraction of sp³-hybridized carbons (Fsp3) is 0.536. The third-order valence-electron chi connectivity index (χ3n) is 12.2. The van der Waals surface area contributed by atoms with E-state index < -0.39 is 10.8 Å². The highest BCUT2D eigenvalue weighted by molar-refractivity contribution is 5.82. The Morgan fingerprint density at radius 2 is 0.625 bits per heavy atom. The van der Waals surface area contributed by atoms with Crippen molar-refractivity contribution in [2.45, 2.75) is 196 Å². The number of benzene rings is 4. The molecule has 6 N–H and O–H groups in total. The van der Waals surface area contributed by atoms with Crippen LogP contribution in [0.4, 0.5) is 0 Å². The van der Waals surface area contributed by atoms with Crippen molar-refractivity contribution in [3.05, 3.63) is 115 Å². The Morgan fingerprint density at radius 3 is 0.875 bits per heavy atom. The Kier molecular flexibility index (Phi) is 14.9. The van der Waals surface area contributed by atoms with Crippen LogP contribution in [0.3, 0.4) is 0 Å². The summed E-state index contributed by atoms with van der Waals surface area (Å²) in [5.74, 6) is 0.136. The zero-order valence-corrected chi connectivity index (χ0v) is 42.5. The van der Waals surface area contributed by atoms with Crippen LogP contribution in [0.1, 0.15) is 204 Å². The largest absolute Gasteiger partial charge is 0.507 e. The molecular weight excluding hydrogens is 797 g/mol. The maximum Gasteiger partial charge on any atom is 0.238 e. The number of carbonyl (C=O) groups excluding carboxylic acids is 2. The Hall–Kier alpha value is -4.98. The molecule has 0 saturated heterocycles. The van der Waals surface area contributed by atoms with Gasteiger partial charge in [-0.15, -0.1) is 0 Å². The summed E-state index contributed by atoms with van der Waals surface area (Å²) in [7, 11) is 0. The van der Waals surface area contributed by atoms with E-state index in [1.807, 2.05) is 77.9 Å².